The molecule has 0 N–H and O–H groups in total. The lowest BCUT2D eigenvalue weighted by Crippen LogP contribution is -2.49. The maximum Gasteiger partial charge on any atom is 0.261 e. The molecule has 3 heterocycles. The number of carbonyl (C=O) groups is 1. The minimum atomic E-state index is -3.83. The van der Waals surface area contributed by atoms with Gasteiger partial charge in [0.2, 0.25) is 21.9 Å². The molecule has 0 unspecified atom stereocenters. The van der Waals surface area contributed by atoms with Gasteiger partial charge in [-0.25, -0.2) is 44.4 Å². The Balaban J connectivity index is 0.000000213. The van der Waals surface area contributed by atoms with E-state index >= 15 is 0 Å². The van der Waals surface area contributed by atoms with E-state index in [-0.39, 0.29) is 69.8 Å². The number of ketones is 1. The molecule has 0 radical (unpaired) electrons. The highest BCUT2D eigenvalue weighted by atomic mass is 35.7. The Morgan fingerprint density at radius 1 is 0.705 bits per heavy atom. The fraction of sp³-hybridized carbons (Fsp3) is 0.659. The predicted molar refractivity (Wildman–Crippen MR) is 230 cm³/mol. The fourth-order valence-corrected chi connectivity index (χ4v) is 11.1. The van der Waals surface area contributed by atoms with Gasteiger partial charge in [-0.05, 0) is 86.3 Å². The zero-order valence-electron chi connectivity index (χ0n) is 36.3. The molecule has 3 fully saturated rings. The number of Topliss-reactive ketones (excluding diaryl/α,β-unsaturated/α-hetero) is 1. The first kappa shape index (κ1) is 47.4. The van der Waals surface area contributed by atoms with Crippen LogP contribution < -0.4 is 0 Å². The number of alkyl halides is 4. The van der Waals surface area contributed by atoms with E-state index < -0.39 is 30.9 Å². The van der Waals surface area contributed by atoms with Crippen molar-refractivity contribution in [2.24, 2.45) is 17.8 Å². The molecule has 2 aromatic carbocycles. The lowest BCUT2D eigenvalue weighted by Gasteiger charge is -2.38. The van der Waals surface area contributed by atoms with Gasteiger partial charge < -0.3 is 9.13 Å². The van der Waals surface area contributed by atoms with Crippen molar-refractivity contribution in [1.82, 2.24) is 23.4 Å². The minimum absolute atomic E-state index is 0.00841. The van der Waals surface area contributed by atoms with Gasteiger partial charge in [-0.2, -0.15) is 4.31 Å². The van der Waals surface area contributed by atoms with Crippen LogP contribution in [0.15, 0.2) is 46.2 Å². The van der Waals surface area contributed by atoms with E-state index in [0.717, 1.165) is 29.1 Å². The van der Waals surface area contributed by atoms with Gasteiger partial charge in [-0.15, -0.1) is 0 Å². The third kappa shape index (κ3) is 11.2. The number of sulfonamides is 1. The van der Waals surface area contributed by atoms with Crippen molar-refractivity contribution in [3.05, 3.63) is 48.0 Å². The summed E-state index contributed by atoms with van der Waals surface area (Å²) < 4.78 is 109. The van der Waals surface area contributed by atoms with Crippen LogP contribution in [0.1, 0.15) is 131 Å². The summed E-state index contributed by atoms with van der Waals surface area (Å²) in [5.74, 6) is -2.73. The first-order chi connectivity index (χ1) is 28.2. The lowest BCUT2D eigenvalue weighted by molar-refractivity contribution is -0.119. The van der Waals surface area contributed by atoms with Crippen LogP contribution in [0.25, 0.3) is 22.1 Å². The molecule has 0 bridgehead atoms. The highest BCUT2D eigenvalue weighted by Gasteiger charge is 2.39. The largest absolute Gasteiger partial charge is 0.327 e. The van der Waals surface area contributed by atoms with Crippen LogP contribution in [0.3, 0.4) is 0 Å². The number of fused-ring (bicyclic) bond motifs is 2. The maximum absolute atomic E-state index is 13.7. The summed E-state index contributed by atoms with van der Waals surface area (Å²) in [5.41, 5.74) is 2.26. The summed E-state index contributed by atoms with van der Waals surface area (Å²) in [5, 5.41) is 0. The summed E-state index contributed by atoms with van der Waals surface area (Å²) in [6, 6.07) is 9.71. The summed E-state index contributed by atoms with van der Waals surface area (Å²) in [6.07, 6.45) is 3.33. The Bertz CT molecular complexity index is 2450. The Morgan fingerprint density at radius 2 is 1.11 bits per heavy atom. The first-order valence-electron chi connectivity index (χ1n) is 21.4. The molecule has 1 aliphatic heterocycles. The fourth-order valence-electron chi connectivity index (χ4n) is 8.72. The lowest BCUT2D eigenvalue weighted by atomic mass is 9.86. The molecule has 2 aliphatic carbocycles. The molecule has 3 aliphatic rings. The van der Waals surface area contributed by atoms with Crippen LogP contribution in [0, 0.1) is 17.8 Å². The number of hydrogen-bond acceptors (Lipinski definition) is 7. The molecule has 7 rings (SSSR count). The summed E-state index contributed by atoms with van der Waals surface area (Å²) in [7, 11) is -2.02. The van der Waals surface area contributed by atoms with Crippen molar-refractivity contribution < 1.29 is 39.2 Å². The topological polar surface area (TPSA) is 124 Å². The van der Waals surface area contributed by atoms with E-state index in [1.165, 1.54) is 16.4 Å². The quantitative estimate of drug-likeness (QED) is 0.108. The van der Waals surface area contributed by atoms with Gasteiger partial charge in [-0.1, -0.05) is 48.5 Å². The highest BCUT2D eigenvalue weighted by molar-refractivity contribution is 8.13. The second-order valence-electron chi connectivity index (χ2n) is 19.5. The number of imidazole rings is 2. The van der Waals surface area contributed by atoms with Crippen LogP contribution in [0.2, 0.25) is 0 Å². The second-order valence-corrected chi connectivity index (χ2v) is 24.1. The SMILES string of the molecule is CC(C)(C)c1nc2cc(S(=O)(=O)Cl)ccc2n1CC1CCC(F)(F)CC1.CCC(=O)CCC1CN(S(=O)(=O)c2ccc3c(c2)nc(C(C)(C)C)n3CC2CCC(F)(F)CC2)C1. The minimum Gasteiger partial charge on any atom is -0.327 e. The van der Waals surface area contributed by atoms with Crippen LogP contribution in [-0.4, -0.2) is 71.0 Å². The molecule has 0 amide bonds. The van der Waals surface area contributed by atoms with Gasteiger partial charge in [0.1, 0.15) is 17.4 Å². The smallest absolute Gasteiger partial charge is 0.261 e. The molecule has 4 aromatic rings. The molecule has 2 saturated carbocycles. The van der Waals surface area contributed by atoms with Crippen LogP contribution in [0.5, 0.6) is 0 Å². The standard InChI is InChI=1S/C26H37F2N3O3S.C18H23ClF2N2O2S/c1-5-20(32)7-6-19-15-30(16-19)35(33,34)21-8-9-23-22(14-21)29-24(25(2,3)4)31(23)17-18-10-12-26(27,28)13-11-18;1-17(2,3)16-22-14-10-13(26(19,24)25)4-5-15(14)23(16)11-12-6-8-18(20,21)9-7-12/h8-9,14,18-19H,5-7,10-13,15-17H2,1-4H3;4-5,10,12H,6-9,11H2,1-3H3. The molecule has 1 saturated heterocycles. The number of hydrogen-bond donors (Lipinski definition) is 0. The Hall–Kier alpha value is -3.08. The van der Waals surface area contributed by atoms with Crippen molar-refractivity contribution in [1.29, 1.82) is 0 Å². The van der Waals surface area contributed by atoms with Gasteiger partial charge in [0.25, 0.3) is 9.05 Å². The van der Waals surface area contributed by atoms with Crippen molar-refractivity contribution in [2.45, 2.75) is 165 Å². The van der Waals surface area contributed by atoms with Crippen LogP contribution in [-0.2, 0) is 47.8 Å². The van der Waals surface area contributed by atoms with E-state index in [0.29, 0.717) is 75.7 Å². The highest BCUT2D eigenvalue weighted by Crippen LogP contribution is 2.40. The molecule has 17 heteroatoms. The van der Waals surface area contributed by atoms with Gasteiger partial charge in [0.05, 0.1) is 31.9 Å². The van der Waals surface area contributed by atoms with Crippen molar-refractivity contribution in [2.75, 3.05) is 13.1 Å². The summed E-state index contributed by atoms with van der Waals surface area (Å²) in [4.78, 5) is 21.3. The number of benzene rings is 2. The number of halogens is 5. The molecule has 10 nitrogen and oxygen atoms in total. The van der Waals surface area contributed by atoms with Crippen LogP contribution >= 0.6 is 10.7 Å². The van der Waals surface area contributed by atoms with E-state index in [4.69, 9.17) is 15.7 Å². The van der Waals surface area contributed by atoms with Crippen molar-refractivity contribution in [3.63, 3.8) is 0 Å². The van der Waals surface area contributed by atoms with Gasteiger partial charge >= 0.3 is 0 Å². The van der Waals surface area contributed by atoms with E-state index in [9.17, 15) is 39.2 Å². The van der Waals surface area contributed by atoms with E-state index in [1.54, 1.807) is 24.3 Å². The maximum atomic E-state index is 13.7. The Morgan fingerprint density at radius 3 is 1.51 bits per heavy atom. The average Bonchev–Trinajstić information content (AvgIpc) is 3.70. The Labute approximate surface area is 362 Å². The second kappa shape index (κ2) is 17.5. The number of carbonyl (C=O) groups excluding carboxylic acids is 1. The molecule has 2 aromatic heterocycles. The zero-order valence-corrected chi connectivity index (χ0v) is 38.7. The molecule has 338 valence electrons. The number of rotatable bonds is 11. The molecule has 0 spiro atoms. The normalized spacial score (nSPS) is 19.8. The third-order valence-electron chi connectivity index (χ3n) is 12.4. The average molecular weight is 915 g/mol. The summed E-state index contributed by atoms with van der Waals surface area (Å²) >= 11 is 0. The molecular formula is C44H60ClF4N5O5S2. The Kier molecular flexibility index (Phi) is 13.6. The van der Waals surface area contributed by atoms with E-state index in [2.05, 4.69) is 30.3 Å². The zero-order chi connectivity index (χ0) is 44.9. The monoisotopic (exact) mass is 913 g/mol. The third-order valence-corrected chi connectivity index (χ3v) is 15.6. The first-order valence-corrected chi connectivity index (χ1v) is 25.2. The van der Waals surface area contributed by atoms with Crippen molar-refractivity contribution >= 4 is 57.6 Å². The van der Waals surface area contributed by atoms with Gasteiger partial charge in [-0.3, -0.25) is 4.79 Å². The van der Waals surface area contributed by atoms with Crippen molar-refractivity contribution in [3.8, 4) is 0 Å². The van der Waals surface area contributed by atoms with Gasteiger partial charge in [0, 0.05) is 86.2 Å². The molecular weight excluding hydrogens is 854 g/mol. The number of aromatic nitrogens is 4. The number of nitrogens with zero attached hydrogens (tertiary/aromatic N) is 5. The summed E-state index contributed by atoms with van der Waals surface area (Å²) in [6.45, 7) is 16.2. The molecule has 61 heavy (non-hydrogen) atoms. The predicted octanol–water partition coefficient (Wildman–Crippen LogP) is 10.6. The van der Waals surface area contributed by atoms with Gasteiger partial charge in [0.15, 0.2) is 0 Å². The van der Waals surface area contributed by atoms with Crippen LogP contribution in [0.4, 0.5) is 17.6 Å². The molecule has 0 atom stereocenters. The van der Waals surface area contributed by atoms with E-state index in [1.807, 2.05) is 32.3 Å².